The number of benzene rings is 1. The van der Waals surface area contributed by atoms with Crippen molar-refractivity contribution in [3.8, 4) is 6.07 Å². The molecule has 3 fully saturated rings. The predicted molar refractivity (Wildman–Crippen MR) is 221 cm³/mol. The molecule has 2 amide bonds. The smallest absolute Gasteiger partial charge is 0.325 e. The summed E-state index contributed by atoms with van der Waals surface area (Å²) in [4.78, 5) is 73.4. The van der Waals surface area contributed by atoms with E-state index in [0.29, 0.717) is 5.56 Å². The number of H-pyrrole nitrogens is 1. The third-order valence-electron chi connectivity index (χ3n) is 10.00. The number of imidazole rings is 2. The number of unbranched alkanes of at least 4 members (excludes halogenated alkanes) is 1. The van der Waals surface area contributed by atoms with Gasteiger partial charge in [0.15, 0.2) is 59.4 Å². The number of aromatic amines is 1. The lowest BCUT2D eigenvalue weighted by Crippen LogP contribution is -2.34. The lowest BCUT2D eigenvalue weighted by Gasteiger charge is -2.30. The van der Waals surface area contributed by atoms with E-state index >= 15 is 8.78 Å². The average Bonchev–Trinajstić information content (AvgIpc) is 4.01. The molecule has 62 heavy (non-hydrogen) atoms. The molecule has 2 unspecified atom stereocenters. The highest BCUT2D eigenvalue weighted by atomic mass is 32.5. The molecule has 3 aliphatic heterocycles. The molecule has 0 saturated carbocycles. The molecule has 328 valence electrons. The highest BCUT2D eigenvalue weighted by Crippen LogP contribution is 2.57. The normalized spacial score (nSPS) is 30.3. The Labute approximate surface area is 359 Å². The number of carbonyl (C=O) groups is 2. The van der Waals surface area contributed by atoms with Gasteiger partial charge >= 0.3 is 6.72 Å². The summed E-state index contributed by atoms with van der Waals surface area (Å²) in [6.45, 7) is -6.07. The maximum atomic E-state index is 16.9. The summed E-state index contributed by atoms with van der Waals surface area (Å²) in [5, 5.41) is 14.5. The number of alkyl halides is 2. The SMILES string of the molecule is CC(C)C(=O)Nc1nc2c(ncn2[C@@H]2O[C@@H]3COP(=S)(CCCC#N)O[C@H]4[C@H](F)[C@H](n5cnc6c(NC(=O)c7ccccc7)ncnc65)O[C@@H]4COP(O)(=S)O[C@H]2[C@@H]3F)c(=O)[nH]1. The van der Waals surface area contributed by atoms with E-state index in [4.69, 9.17) is 51.2 Å². The number of nitrogens with zero attached hydrogens (tertiary/aromatic N) is 8. The fourth-order valence-corrected chi connectivity index (χ4v) is 11.0. The molecule has 4 aromatic heterocycles. The van der Waals surface area contributed by atoms with E-state index in [-0.39, 0.29) is 53.1 Å². The number of nitriles is 1. The van der Waals surface area contributed by atoms with Gasteiger partial charge in [-0.05, 0) is 42.2 Å². The van der Waals surface area contributed by atoms with Crippen molar-refractivity contribution in [3.05, 3.63) is 65.2 Å². The second-order valence-corrected chi connectivity index (χ2v) is 21.2. The molecule has 7 heterocycles. The maximum absolute atomic E-state index is 16.9. The summed E-state index contributed by atoms with van der Waals surface area (Å²) in [5.41, 5.74) is -0.501. The first kappa shape index (κ1) is 44.1. The molecule has 5 aromatic rings. The zero-order valence-corrected chi connectivity index (χ0v) is 35.9. The van der Waals surface area contributed by atoms with Gasteiger partial charge in [0, 0.05) is 24.1 Å². The van der Waals surface area contributed by atoms with Gasteiger partial charge in [-0.25, -0.2) is 28.7 Å². The van der Waals surface area contributed by atoms with Gasteiger partial charge in [0.25, 0.3) is 11.5 Å². The Bertz CT molecular complexity index is 2710. The van der Waals surface area contributed by atoms with E-state index in [1.165, 1.54) is 15.5 Å². The highest BCUT2D eigenvalue weighted by molar-refractivity contribution is 8.10. The number of hydrogen-bond donors (Lipinski definition) is 4. The summed E-state index contributed by atoms with van der Waals surface area (Å²) in [7, 11) is 0. The molecule has 0 radical (unpaired) electrons. The van der Waals surface area contributed by atoms with Crippen LogP contribution in [-0.2, 0) is 56.0 Å². The number of nitrogens with one attached hydrogen (secondary N) is 3. The van der Waals surface area contributed by atoms with Crippen molar-refractivity contribution in [2.45, 2.75) is 75.9 Å². The maximum Gasteiger partial charge on any atom is 0.325 e. The fourth-order valence-electron chi connectivity index (χ4n) is 6.90. The molecule has 4 N–H and O–H groups in total. The molecule has 27 heteroatoms. The number of anilines is 2. The topological polar surface area (TPSA) is 265 Å². The van der Waals surface area contributed by atoms with E-state index in [0.717, 1.165) is 12.7 Å². The van der Waals surface area contributed by atoms with Crippen LogP contribution in [0.1, 0.15) is 49.5 Å². The number of halogens is 2. The number of ether oxygens (including phenoxy) is 2. The molecule has 3 saturated heterocycles. The number of hydrogen-bond acceptors (Lipinski definition) is 17. The van der Waals surface area contributed by atoms with Crippen molar-refractivity contribution in [1.82, 2.24) is 39.0 Å². The van der Waals surface area contributed by atoms with Crippen LogP contribution in [0.25, 0.3) is 22.3 Å². The standard InChI is InChI=1S/C35H37F2N11O10P2S2/c1-17(2)30(49)45-35-44-29-24(32(51)46-35)42-16-48(29)34-26-21(36)19(55-34)12-53-59(61,11-7-6-10-38)57-25-20(13-54-60(52,62)58-26)56-33(22(25)37)47-15-41-23-27(39-14-40-28(23)47)43-31(50)18-8-4-3-5-9-18/h3-5,8-9,14-17,19-22,25-26,33-34H,6-7,11-13H2,1-2H3,(H,52,62)(H,39,40,43,50)(H2,44,45,46,49,51)/t19-,20-,21-,22+,25-,26+,33-,34-,59?,60?/m1/s1. The van der Waals surface area contributed by atoms with Crippen molar-refractivity contribution in [1.29, 1.82) is 5.26 Å². The van der Waals surface area contributed by atoms with Gasteiger partial charge in [-0.1, -0.05) is 32.0 Å². The van der Waals surface area contributed by atoms with Crippen molar-refractivity contribution in [2.75, 3.05) is 30.0 Å². The van der Waals surface area contributed by atoms with Gasteiger partial charge in [0.2, 0.25) is 11.9 Å². The number of aromatic nitrogens is 8. The van der Waals surface area contributed by atoms with Crippen molar-refractivity contribution < 1.29 is 50.8 Å². The second-order valence-electron chi connectivity index (χ2n) is 14.6. The van der Waals surface area contributed by atoms with Gasteiger partial charge in [0.05, 0.1) is 31.9 Å². The van der Waals surface area contributed by atoms with Crippen LogP contribution in [0.15, 0.2) is 54.1 Å². The Morgan fingerprint density at radius 2 is 1.66 bits per heavy atom. The summed E-state index contributed by atoms with van der Waals surface area (Å²) < 4.78 is 72.2. The van der Waals surface area contributed by atoms with Crippen molar-refractivity contribution in [3.63, 3.8) is 0 Å². The highest BCUT2D eigenvalue weighted by Gasteiger charge is 2.54. The Morgan fingerprint density at radius 1 is 0.952 bits per heavy atom. The van der Waals surface area contributed by atoms with Crippen LogP contribution in [-0.4, -0.2) is 112 Å². The van der Waals surface area contributed by atoms with Gasteiger partial charge in [-0.2, -0.15) is 10.2 Å². The molecule has 21 nitrogen and oxygen atoms in total. The average molecular weight is 936 g/mol. The van der Waals surface area contributed by atoms with Gasteiger partial charge < -0.3 is 33.3 Å². The second kappa shape index (κ2) is 17.9. The van der Waals surface area contributed by atoms with Crippen LogP contribution in [0.4, 0.5) is 20.5 Å². The van der Waals surface area contributed by atoms with Gasteiger partial charge in [0.1, 0.15) is 30.7 Å². The summed E-state index contributed by atoms with van der Waals surface area (Å²) in [6, 6.07) is 10.4. The number of carbonyl (C=O) groups excluding carboxylic acids is 2. The fraction of sp³-hybridized carbons (Fsp3) is 0.457. The van der Waals surface area contributed by atoms with Crippen LogP contribution in [0.5, 0.6) is 0 Å². The Kier molecular flexibility index (Phi) is 12.7. The van der Waals surface area contributed by atoms with E-state index in [1.807, 2.05) is 6.07 Å². The van der Waals surface area contributed by atoms with Gasteiger partial charge in [-0.3, -0.25) is 38.3 Å². The number of rotatable bonds is 9. The summed E-state index contributed by atoms with van der Waals surface area (Å²) in [5.74, 6) is -1.56. The zero-order chi connectivity index (χ0) is 43.9. The number of fused-ring (bicyclic) bond motifs is 5. The molecule has 2 bridgehead atoms. The molecular formula is C35H37F2N11O10P2S2. The van der Waals surface area contributed by atoms with Crippen LogP contribution in [0.2, 0.25) is 0 Å². The number of amides is 2. The van der Waals surface area contributed by atoms with Crippen molar-refractivity contribution in [2.24, 2.45) is 5.92 Å². The largest absolute Gasteiger partial charge is 0.346 e. The van der Waals surface area contributed by atoms with E-state index in [2.05, 4.69) is 40.5 Å². The minimum absolute atomic E-state index is 0.0426. The summed E-state index contributed by atoms with van der Waals surface area (Å²) >= 11 is 11.3. The van der Waals surface area contributed by atoms with Crippen LogP contribution in [0, 0.1) is 17.2 Å². The lowest BCUT2D eigenvalue weighted by molar-refractivity contribution is -0.118. The first-order chi connectivity index (χ1) is 29.6. The quantitative estimate of drug-likeness (QED) is 0.121. The Hall–Kier alpha value is -4.57. The van der Waals surface area contributed by atoms with Crippen LogP contribution < -0.4 is 16.2 Å². The van der Waals surface area contributed by atoms with Crippen molar-refractivity contribution >= 4 is 82.7 Å². The van der Waals surface area contributed by atoms with Gasteiger partial charge in [-0.15, -0.1) is 0 Å². The van der Waals surface area contributed by atoms with Crippen LogP contribution >= 0.6 is 13.2 Å². The molecule has 10 atom stereocenters. The first-order valence-electron chi connectivity index (χ1n) is 19.0. The van der Waals surface area contributed by atoms with E-state index in [1.54, 1.807) is 44.2 Å². The summed E-state index contributed by atoms with van der Waals surface area (Å²) in [6.07, 6.45) is -9.53. The lowest BCUT2D eigenvalue weighted by atomic mass is 10.1. The molecule has 3 aliphatic rings. The third kappa shape index (κ3) is 8.95. The molecule has 8 rings (SSSR count). The Balaban J connectivity index is 1.10. The van der Waals surface area contributed by atoms with E-state index in [9.17, 15) is 24.5 Å². The predicted octanol–water partition coefficient (Wildman–Crippen LogP) is 3.92. The monoisotopic (exact) mass is 935 g/mol. The third-order valence-corrected chi connectivity index (χ3v) is 14.7. The zero-order valence-electron chi connectivity index (χ0n) is 32.5. The molecule has 0 aliphatic carbocycles. The minimum atomic E-state index is -4.47. The molecule has 1 aromatic carbocycles. The minimum Gasteiger partial charge on any atom is -0.346 e. The molecule has 0 spiro atoms. The first-order valence-corrected chi connectivity index (χ1v) is 24.4. The molecular weight excluding hydrogens is 899 g/mol. The van der Waals surface area contributed by atoms with Crippen LogP contribution in [0.3, 0.4) is 0 Å². The Morgan fingerprint density at radius 3 is 2.40 bits per heavy atom. The van der Waals surface area contributed by atoms with E-state index < -0.39 is 98.9 Å².